The molecule has 1 aliphatic carbocycles. The monoisotopic (exact) mass is 388 g/mol. The first kappa shape index (κ1) is 19.4. The maximum absolute atomic E-state index is 12.2. The van der Waals surface area contributed by atoms with Gasteiger partial charge in [-0.1, -0.05) is 24.3 Å². The van der Waals surface area contributed by atoms with E-state index in [0.29, 0.717) is 12.3 Å². The summed E-state index contributed by atoms with van der Waals surface area (Å²) in [4.78, 5) is 12.5. The Morgan fingerprint density at radius 2 is 1.89 bits per heavy atom. The second-order valence-electron chi connectivity index (χ2n) is 6.83. The first-order chi connectivity index (χ1) is 12.8. The van der Waals surface area contributed by atoms with Crippen LogP contribution in [0.25, 0.3) is 0 Å². The summed E-state index contributed by atoms with van der Waals surface area (Å²) >= 11 is 0. The van der Waals surface area contributed by atoms with Crippen molar-refractivity contribution < 1.29 is 17.9 Å². The Bertz CT molecular complexity index is 906. The molecular formula is C20H24N2O4S. The highest BCUT2D eigenvalue weighted by Crippen LogP contribution is 2.22. The van der Waals surface area contributed by atoms with E-state index in [-0.39, 0.29) is 16.8 Å². The Balaban J connectivity index is 1.52. The molecule has 2 aromatic rings. The summed E-state index contributed by atoms with van der Waals surface area (Å²) in [7, 11) is -3.45. The van der Waals surface area contributed by atoms with Crippen LogP contribution in [0, 0.1) is 6.92 Å². The lowest BCUT2D eigenvalue weighted by Crippen LogP contribution is -2.35. The minimum atomic E-state index is -3.45. The number of aryl methyl sites for hydroxylation is 1. The van der Waals surface area contributed by atoms with Crippen LogP contribution in [0.1, 0.15) is 30.9 Å². The van der Waals surface area contributed by atoms with E-state index in [4.69, 9.17) is 4.74 Å². The van der Waals surface area contributed by atoms with Crippen molar-refractivity contribution >= 4 is 15.9 Å². The van der Waals surface area contributed by atoms with E-state index in [0.717, 1.165) is 24.0 Å². The molecule has 1 aliphatic rings. The number of amides is 1. The molecule has 3 rings (SSSR count). The molecule has 0 spiro atoms. The SMILES string of the molecule is Cc1cccc(OC(C)C(=O)NCc2ccc(S(=O)(=O)NC3CC3)cc2)c1. The van der Waals surface area contributed by atoms with Gasteiger partial charge >= 0.3 is 0 Å². The highest BCUT2D eigenvalue weighted by molar-refractivity contribution is 7.89. The third kappa shape index (κ3) is 5.55. The highest BCUT2D eigenvalue weighted by atomic mass is 32.2. The van der Waals surface area contributed by atoms with Crippen molar-refractivity contribution in [1.29, 1.82) is 0 Å². The van der Waals surface area contributed by atoms with Gasteiger partial charge in [-0.15, -0.1) is 0 Å². The molecule has 0 heterocycles. The molecule has 1 atom stereocenters. The first-order valence-electron chi connectivity index (χ1n) is 8.96. The van der Waals surface area contributed by atoms with Gasteiger partial charge in [0, 0.05) is 12.6 Å². The fraction of sp³-hybridized carbons (Fsp3) is 0.350. The summed E-state index contributed by atoms with van der Waals surface area (Å²) in [6.07, 6.45) is 1.16. The number of nitrogens with one attached hydrogen (secondary N) is 2. The van der Waals surface area contributed by atoms with Crippen LogP contribution in [0.2, 0.25) is 0 Å². The molecule has 1 fully saturated rings. The molecule has 0 aliphatic heterocycles. The van der Waals surface area contributed by atoms with E-state index in [1.807, 2.05) is 31.2 Å². The predicted molar refractivity (Wildman–Crippen MR) is 103 cm³/mol. The van der Waals surface area contributed by atoms with Crippen molar-refractivity contribution in [3.05, 3.63) is 59.7 Å². The Labute approximate surface area is 160 Å². The summed E-state index contributed by atoms with van der Waals surface area (Å²) in [5.74, 6) is 0.416. The summed E-state index contributed by atoms with van der Waals surface area (Å²) in [5, 5.41) is 2.80. The van der Waals surface area contributed by atoms with Crippen LogP contribution in [0.15, 0.2) is 53.4 Å². The molecule has 1 unspecified atom stereocenters. The minimum absolute atomic E-state index is 0.0730. The average molecular weight is 388 g/mol. The standard InChI is InChI=1S/C20H24N2O4S/c1-14-4-3-5-18(12-14)26-15(2)20(23)21-13-16-6-10-19(11-7-16)27(24,25)22-17-8-9-17/h3-7,10-12,15,17,22H,8-9,13H2,1-2H3,(H,21,23). The van der Waals surface area contributed by atoms with Crippen molar-refractivity contribution in [3.63, 3.8) is 0 Å². The van der Waals surface area contributed by atoms with E-state index in [1.165, 1.54) is 0 Å². The summed E-state index contributed by atoms with van der Waals surface area (Å²) in [5.41, 5.74) is 1.88. The van der Waals surface area contributed by atoms with Gasteiger partial charge in [-0.25, -0.2) is 13.1 Å². The smallest absolute Gasteiger partial charge is 0.261 e. The lowest BCUT2D eigenvalue weighted by Gasteiger charge is -2.15. The van der Waals surface area contributed by atoms with Crippen LogP contribution in [0.5, 0.6) is 5.75 Å². The molecule has 0 saturated heterocycles. The second-order valence-corrected chi connectivity index (χ2v) is 8.55. The van der Waals surface area contributed by atoms with Gasteiger partial charge in [-0.05, 0) is 62.1 Å². The van der Waals surface area contributed by atoms with Gasteiger partial charge in [0.25, 0.3) is 5.91 Å². The number of hydrogen-bond donors (Lipinski definition) is 2. The second kappa shape index (κ2) is 8.10. The molecule has 27 heavy (non-hydrogen) atoms. The fourth-order valence-corrected chi connectivity index (χ4v) is 3.86. The van der Waals surface area contributed by atoms with E-state index in [1.54, 1.807) is 31.2 Å². The lowest BCUT2D eigenvalue weighted by molar-refractivity contribution is -0.127. The molecule has 2 aromatic carbocycles. The zero-order valence-electron chi connectivity index (χ0n) is 15.4. The maximum Gasteiger partial charge on any atom is 0.261 e. The number of ether oxygens (including phenoxy) is 1. The molecule has 0 bridgehead atoms. The van der Waals surface area contributed by atoms with Gasteiger partial charge in [0.05, 0.1) is 4.90 Å². The number of benzene rings is 2. The number of carbonyl (C=O) groups excluding carboxylic acids is 1. The van der Waals surface area contributed by atoms with E-state index in [2.05, 4.69) is 10.0 Å². The van der Waals surface area contributed by atoms with Crippen molar-refractivity contribution in [1.82, 2.24) is 10.0 Å². The third-order valence-corrected chi connectivity index (χ3v) is 5.81. The Morgan fingerprint density at radius 3 is 2.52 bits per heavy atom. The Hall–Kier alpha value is -2.38. The van der Waals surface area contributed by atoms with Gasteiger partial charge in [-0.2, -0.15) is 0 Å². The van der Waals surface area contributed by atoms with E-state index in [9.17, 15) is 13.2 Å². The van der Waals surface area contributed by atoms with Crippen molar-refractivity contribution in [2.75, 3.05) is 0 Å². The topological polar surface area (TPSA) is 84.5 Å². The maximum atomic E-state index is 12.2. The fourth-order valence-electron chi connectivity index (χ4n) is 2.55. The molecule has 2 N–H and O–H groups in total. The van der Waals surface area contributed by atoms with Crippen LogP contribution >= 0.6 is 0 Å². The summed E-state index contributed by atoms with van der Waals surface area (Å²) in [6.45, 7) is 3.95. The lowest BCUT2D eigenvalue weighted by atomic mass is 10.2. The van der Waals surface area contributed by atoms with Gasteiger partial charge in [-0.3, -0.25) is 4.79 Å². The van der Waals surface area contributed by atoms with Crippen LogP contribution in [-0.2, 0) is 21.4 Å². The van der Waals surface area contributed by atoms with Gasteiger partial charge < -0.3 is 10.1 Å². The third-order valence-electron chi connectivity index (χ3n) is 4.27. The molecule has 1 saturated carbocycles. The zero-order chi connectivity index (χ0) is 19.4. The number of carbonyl (C=O) groups is 1. The Kier molecular flexibility index (Phi) is 5.82. The van der Waals surface area contributed by atoms with E-state index < -0.39 is 16.1 Å². The van der Waals surface area contributed by atoms with Gasteiger partial charge in [0.2, 0.25) is 10.0 Å². The predicted octanol–water partition coefficient (Wildman–Crippen LogP) is 2.52. The summed E-state index contributed by atoms with van der Waals surface area (Å²) < 4.78 is 32.6. The van der Waals surface area contributed by atoms with Crippen molar-refractivity contribution in [2.45, 2.75) is 50.3 Å². The van der Waals surface area contributed by atoms with Crippen LogP contribution in [-0.4, -0.2) is 26.5 Å². The first-order valence-corrected chi connectivity index (χ1v) is 10.4. The molecule has 0 aromatic heterocycles. The van der Waals surface area contributed by atoms with Gasteiger partial charge in [0.1, 0.15) is 5.75 Å². The van der Waals surface area contributed by atoms with Crippen molar-refractivity contribution in [3.8, 4) is 5.75 Å². The molecular weight excluding hydrogens is 364 g/mol. The Morgan fingerprint density at radius 1 is 1.19 bits per heavy atom. The van der Waals surface area contributed by atoms with Crippen LogP contribution < -0.4 is 14.8 Å². The number of rotatable bonds is 8. The highest BCUT2D eigenvalue weighted by Gasteiger charge is 2.27. The largest absolute Gasteiger partial charge is 0.481 e. The average Bonchev–Trinajstić information content (AvgIpc) is 3.43. The van der Waals surface area contributed by atoms with Gasteiger partial charge in [0.15, 0.2) is 6.10 Å². The van der Waals surface area contributed by atoms with Crippen molar-refractivity contribution in [2.24, 2.45) is 0 Å². The minimum Gasteiger partial charge on any atom is -0.481 e. The zero-order valence-corrected chi connectivity index (χ0v) is 16.3. The van der Waals surface area contributed by atoms with E-state index >= 15 is 0 Å². The molecule has 6 nitrogen and oxygen atoms in total. The van der Waals surface area contributed by atoms with Crippen LogP contribution in [0.4, 0.5) is 0 Å². The molecule has 0 radical (unpaired) electrons. The number of hydrogen-bond acceptors (Lipinski definition) is 4. The number of sulfonamides is 1. The molecule has 1 amide bonds. The molecule has 7 heteroatoms. The normalized spacial score (nSPS) is 15.2. The summed E-state index contributed by atoms with van der Waals surface area (Å²) in [6, 6.07) is 14.1. The molecule has 144 valence electrons. The van der Waals surface area contributed by atoms with Crippen LogP contribution in [0.3, 0.4) is 0 Å². The quantitative estimate of drug-likeness (QED) is 0.728.